The van der Waals surface area contributed by atoms with Crippen LogP contribution in [0.15, 0.2) is 286 Å². The Bertz CT molecular complexity index is 4530. The van der Waals surface area contributed by atoms with Crippen molar-refractivity contribution in [3.8, 4) is 0 Å². The number of rotatable bonds is 18. The Morgan fingerprint density at radius 3 is 1.10 bits per heavy atom. The van der Waals surface area contributed by atoms with Crippen LogP contribution in [0, 0.1) is 13.7 Å². The summed E-state index contributed by atoms with van der Waals surface area (Å²) in [7, 11) is 0. The summed E-state index contributed by atoms with van der Waals surface area (Å²) in [6.45, 7) is 0. The van der Waals surface area contributed by atoms with E-state index < -0.39 is 44.4 Å². The number of carbonyl (C=O) groups is 2. The molecule has 12 rings (SSSR count). The molecule has 0 unspecified atom stereocenters. The van der Waals surface area contributed by atoms with Crippen LogP contribution in [0.4, 0.5) is 49.1 Å². The average molecular weight is 1530 g/mol. The lowest BCUT2D eigenvalue weighted by Gasteiger charge is -2.12. The summed E-state index contributed by atoms with van der Waals surface area (Å²) in [5, 5.41) is 14.5. The number of benzene rings is 7. The van der Waals surface area contributed by atoms with Crippen LogP contribution in [0.2, 0.25) is 10.0 Å². The molecule has 2 amide bonds. The largest absolute Gasteiger partial charge is 0.417 e. The summed E-state index contributed by atoms with van der Waals surface area (Å²) in [6.07, 6.45) is 16.3. The molecule has 522 valence electrons. The maximum absolute atomic E-state index is 12.9. The van der Waals surface area contributed by atoms with Crippen LogP contribution in [-0.2, 0) is 60.5 Å². The van der Waals surface area contributed by atoms with Crippen LogP contribution in [-0.4, -0.2) is 41.7 Å². The number of aryl methyl sites for hydroxylation is 1. The number of carbonyl (C=O) groups excluding carboxylic acids is 2. The highest BCUT2D eigenvalue weighted by Gasteiger charge is 2.34. The van der Waals surface area contributed by atoms with Gasteiger partial charge in [0.05, 0.1) is 26.1 Å². The molecular formula is C80H70Cl2F6IN9O4. The van der Waals surface area contributed by atoms with Crippen molar-refractivity contribution >= 4 is 86.4 Å². The average Bonchev–Trinajstić information content (AvgIpc) is 0.828. The van der Waals surface area contributed by atoms with Crippen LogP contribution >= 0.6 is 45.8 Å². The zero-order chi connectivity index (χ0) is 72.7. The summed E-state index contributed by atoms with van der Waals surface area (Å²) in [4.78, 5) is 54.1. The Labute approximate surface area is 612 Å². The number of nitrogens with two attached hydrogens (primary N) is 1. The quantitative estimate of drug-likeness (QED) is 0.0186. The number of anilines is 3. The van der Waals surface area contributed by atoms with Crippen LogP contribution in [0.5, 0.6) is 0 Å². The minimum absolute atomic E-state index is 0. The molecule has 4 N–H and O–H groups in total. The van der Waals surface area contributed by atoms with Gasteiger partial charge in [-0.2, -0.15) is 26.3 Å². The number of hydrogen-bond acceptors (Lipinski definition) is 10. The summed E-state index contributed by atoms with van der Waals surface area (Å²) in [5.41, 5.74) is 18.4. The number of nitrogens with one attached hydrogen (secondary N) is 2. The van der Waals surface area contributed by atoms with Gasteiger partial charge in [0.25, 0.3) is 5.69 Å². The Kier molecular flexibility index (Phi) is 29.5. The minimum Gasteiger partial charge on any atom is -0.399 e. The van der Waals surface area contributed by atoms with Crippen molar-refractivity contribution in [2.24, 2.45) is 0 Å². The number of hydrogen-bond donors (Lipinski definition) is 3. The molecule has 12 aromatic rings. The van der Waals surface area contributed by atoms with Crippen molar-refractivity contribution in [3.63, 3.8) is 0 Å². The van der Waals surface area contributed by atoms with E-state index in [2.05, 4.69) is 107 Å². The maximum Gasteiger partial charge on any atom is 0.417 e. The first-order valence-corrected chi connectivity index (χ1v) is 33.4. The lowest BCUT2D eigenvalue weighted by molar-refractivity contribution is -0.384. The van der Waals surface area contributed by atoms with Gasteiger partial charge < -0.3 is 16.4 Å². The maximum atomic E-state index is 12.9. The molecule has 0 radical (unpaired) electrons. The van der Waals surface area contributed by atoms with E-state index >= 15 is 0 Å². The Morgan fingerprint density at radius 2 is 0.745 bits per heavy atom. The number of amides is 2. The van der Waals surface area contributed by atoms with Crippen molar-refractivity contribution in [2.45, 2.75) is 57.3 Å². The Balaban J connectivity index is 0.000000211. The fourth-order valence-corrected chi connectivity index (χ4v) is 10.5. The number of pyridine rings is 5. The summed E-state index contributed by atoms with van der Waals surface area (Å²) in [6, 6.07) is 65.1. The zero-order valence-corrected chi connectivity index (χ0v) is 58.1. The molecule has 7 aromatic carbocycles. The SMILES string of the molecule is Ic1ccc(Cc2ccncc2)cc1.Nc1ccc(Cc2ccncc2)cc1.O=C(/C=C/c1ccc(Cc2ccncc2)cc1)Nc1ccc(Cl)c(C(F)(F)F)c1.O=C(CCc1ccc(Cc2ccncc2)cc1)Nc1ccc(Cl)c(C(F)(F)F)c1.O=[N+]([O-])c1ccc(Cc2ccncc2)cc1.[HH].[HH]. The molecule has 0 spiro atoms. The third-order valence-corrected chi connectivity index (χ3v) is 16.4. The predicted molar refractivity (Wildman–Crippen MR) is 403 cm³/mol. The molecule has 0 saturated heterocycles. The van der Waals surface area contributed by atoms with Crippen molar-refractivity contribution in [1.29, 1.82) is 0 Å². The van der Waals surface area contributed by atoms with Crippen molar-refractivity contribution in [3.05, 3.63) is 388 Å². The second-order valence-corrected chi connectivity index (χ2v) is 24.8. The van der Waals surface area contributed by atoms with Gasteiger partial charge in [-0.05, 0) is 255 Å². The van der Waals surface area contributed by atoms with Gasteiger partial charge in [0.1, 0.15) is 0 Å². The molecule has 0 atom stereocenters. The fraction of sp³-hybridized carbons (Fsp3) is 0.113. The topological polar surface area (TPSA) is 192 Å². The summed E-state index contributed by atoms with van der Waals surface area (Å²) >= 11 is 13.5. The van der Waals surface area contributed by atoms with E-state index in [1.165, 1.54) is 56.2 Å². The third kappa shape index (κ3) is 27.3. The highest BCUT2D eigenvalue weighted by Crippen LogP contribution is 2.37. The van der Waals surface area contributed by atoms with E-state index in [4.69, 9.17) is 28.9 Å². The van der Waals surface area contributed by atoms with Crippen molar-refractivity contribution in [2.75, 3.05) is 16.4 Å². The number of aromatic nitrogens is 5. The number of nitro benzene ring substituents is 1. The molecule has 22 heteroatoms. The molecule has 5 aromatic heterocycles. The van der Waals surface area contributed by atoms with Crippen LogP contribution < -0.4 is 16.4 Å². The summed E-state index contributed by atoms with van der Waals surface area (Å²) in [5.74, 6) is -0.900. The van der Waals surface area contributed by atoms with Crippen LogP contribution in [0.3, 0.4) is 0 Å². The number of nitro groups is 1. The molecule has 0 bridgehead atoms. The van der Waals surface area contributed by atoms with E-state index in [9.17, 15) is 46.0 Å². The number of nitrogens with zero attached hydrogens (tertiary/aromatic N) is 6. The predicted octanol–water partition coefficient (Wildman–Crippen LogP) is 20.5. The van der Waals surface area contributed by atoms with E-state index in [-0.39, 0.29) is 32.2 Å². The molecular weight excluding hydrogens is 1460 g/mol. The Hall–Kier alpha value is -10.9. The highest BCUT2D eigenvalue weighted by atomic mass is 127. The van der Waals surface area contributed by atoms with Crippen molar-refractivity contribution in [1.82, 2.24) is 24.9 Å². The standard InChI is InChI=1S/C22H18ClF3N2O.C22H16ClF3N2O.C12H10IN.C12H10N2O2.C12H12N2.2H2/c2*23-20-7-6-18(14-19(20)22(24,25)26)28-21(29)8-5-15-1-3-16(4-2-15)13-17-9-11-27-12-10-17;13-12-3-1-10(2-4-12)9-11-5-7-14-8-6-11;15-14(16)12-3-1-10(2-4-12)9-11-5-7-13-8-6-11;13-12-3-1-10(2-4-12)9-11-5-7-14-8-6-11;;/h1-4,6-7,9-12,14H,5,8,13H2,(H,28,29);1-12,14H,13H2,(H,28,29);1-8H,9H2;1-8H,9H2;1-8H,9,13H2;2*1H/b;8-5+;;;;;. The van der Waals surface area contributed by atoms with Crippen molar-refractivity contribution < 1.29 is 43.7 Å². The van der Waals surface area contributed by atoms with E-state index in [0.717, 1.165) is 107 Å². The lowest BCUT2D eigenvalue weighted by atomic mass is 10.0. The molecule has 0 saturated carbocycles. The second kappa shape index (κ2) is 39.2. The van der Waals surface area contributed by atoms with Gasteiger partial charge >= 0.3 is 12.4 Å². The third-order valence-electron chi connectivity index (χ3n) is 15.0. The highest BCUT2D eigenvalue weighted by molar-refractivity contribution is 14.1. The van der Waals surface area contributed by atoms with E-state index in [1.54, 1.807) is 55.4 Å². The molecule has 0 aliphatic rings. The van der Waals surface area contributed by atoms with Crippen LogP contribution in [0.1, 0.15) is 87.2 Å². The van der Waals surface area contributed by atoms with Crippen LogP contribution in [0.25, 0.3) is 6.08 Å². The Morgan fingerprint density at radius 1 is 0.441 bits per heavy atom. The zero-order valence-electron chi connectivity index (χ0n) is 54.5. The normalized spacial score (nSPS) is 10.8. The van der Waals surface area contributed by atoms with Gasteiger partial charge in [0, 0.05) is 110 Å². The fourth-order valence-electron chi connectivity index (χ4n) is 9.70. The first-order chi connectivity index (χ1) is 49.1. The first-order valence-electron chi connectivity index (χ1n) is 31.5. The number of nitrogen functional groups attached to an aromatic ring is 1. The van der Waals surface area contributed by atoms with Gasteiger partial charge in [-0.25, -0.2) is 0 Å². The molecule has 0 fully saturated rings. The molecule has 13 nitrogen and oxygen atoms in total. The second-order valence-electron chi connectivity index (χ2n) is 22.8. The molecule has 102 heavy (non-hydrogen) atoms. The number of non-ortho nitro benzene ring substituents is 1. The van der Waals surface area contributed by atoms with E-state index in [1.807, 2.05) is 134 Å². The molecule has 5 heterocycles. The minimum atomic E-state index is -4.59. The monoisotopic (exact) mass is 1530 g/mol. The summed E-state index contributed by atoms with van der Waals surface area (Å²) < 4.78 is 78.7. The van der Waals surface area contributed by atoms with Gasteiger partial charge in [-0.3, -0.25) is 44.6 Å². The molecule has 0 aliphatic carbocycles. The number of alkyl halides is 6. The van der Waals surface area contributed by atoms with Gasteiger partial charge in [-0.1, -0.05) is 108 Å². The smallest absolute Gasteiger partial charge is 0.399 e. The first kappa shape index (κ1) is 76.8. The van der Waals surface area contributed by atoms with Gasteiger partial charge in [-0.15, -0.1) is 0 Å². The van der Waals surface area contributed by atoms with Gasteiger partial charge in [0.2, 0.25) is 11.8 Å². The lowest BCUT2D eigenvalue weighted by Crippen LogP contribution is -2.14. The molecule has 0 aliphatic heterocycles. The van der Waals surface area contributed by atoms with Gasteiger partial charge in [0.15, 0.2) is 0 Å². The van der Waals surface area contributed by atoms with E-state index in [0.29, 0.717) is 6.42 Å². The number of halogens is 9.